The molecule has 6 nitrogen and oxygen atoms in total. The van der Waals surface area contributed by atoms with Gasteiger partial charge in [0.15, 0.2) is 5.96 Å². The zero-order valence-electron chi connectivity index (χ0n) is 16.1. The third kappa shape index (κ3) is 7.94. The molecule has 0 aliphatic carbocycles. The second kappa shape index (κ2) is 12.3. The molecule has 0 fully saturated rings. The molecular formula is C20H28IN5O. The molecule has 27 heavy (non-hydrogen) atoms. The van der Waals surface area contributed by atoms with E-state index in [1.165, 1.54) is 11.1 Å². The van der Waals surface area contributed by atoms with Crippen LogP contribution in [0.5, 0.6) is 0 Å². The second-order valence-electron chi connectivity index (χ2n) is 6.07. The molecule has 0 aliphatic rings. The summed E-state index contributed by atoms with van der Waals surface area (Å²) in [6.45, 7) is 6.67. The lowest BCUT2D eigenvalue weighted by molar-refractivity contribution is 0.0954. The number of aryl methyl sites for hydroxylation is 1. The standard InChI is InChI=1S/C20H27N5O.HI/c1-4-22-20(25(3)15-17-9-7-16(2)8-10-17)24-13-12-23-19(26)18-6-5-11-21-14-18;/h5-11,14H,4,12-13,15H2,1-3H3,(H,22,24)(H,23,26);1H. The van der Waals surface area contributed by atoms with Gasteiger partial charge in [-0.2, -0.15) is 0 Å². The highest BCUT2D eigenvalue weighted by Crippen LogP contribution is 2.06. The Hall–Kier alpha value is -2.16. The normalized spacial score (nSPS) is 10.7. The Labute approximate surface area is 178 Å². The van der Waals surface area contributed by atoms with Crippen molar-refractivity contribution < 1.29 is 4.79 Å². The summed E-state index contributed by atoms with van der Waals surface area (Å²) in [6, 6.07) is 12.0. The van der Waals surface area contributed by atoms with Crippen molar-refractivity contribution in [2.75, 3.05) is 26.7 Å². The van der Waals surface area contributed by atoms with E-state index in [1.54, 1.807) is 24.5 Å². The van der Waals surface area contributed by atoms with E-state index in [9.17, 15) is 4.79 Å². The van der Waals surface area contributed by atoms with Crippen LogP contribution in [0.1, 0.15) is 28.4 Å². The van der Waals surface area contributed by atoms with Crippen LogP contribution < -0.4 is 10.6 Å². The summed E-state index contributed by atoms with van der Waals surface area (Å²) in [5, 5.41) is 6.15. The number of guanidine groups is 1. The van der Waals surface area contributed by atoms with Crippen LogP contribution in [-0.4, -0.2) is 48.4 Å². The highest BCUT2D eigenvalue weighted by Gasteiger charge is 2.07. The zero-order chi connectivity index (χ0) is 18.8. The van der Waals surface area contributed by atoms with Crippen molar-refractivity contribution >= 4 is 35.8 Å². The molecule has 0 bridgehead atoms. The molecule has 146 valence electrons. The molecule has 0 spiro atoms. The van der Waals surface area contributed by atoms with Gasteiger partial charge in [0.25, 0.3) is 5.91 Å². The first kappa shape index (κ1) is 22.9. The highest BCUT2D eigenvalue weighted by molar-refractivity contribution is 14.0. The Bertz CT molecular complexity index is 719. The summed E-state index contributed by atoms with van der Waals surface area (Å²) in [4.78, 5) is 22.6. The Morgan fingerprint density at radius 1 is 1.19 bits per heavy atom. The van der Waals surface area contributed by atoms with Crippen molar-refractivity contribution in [2.45, 2.75) is 20.4 Å². The van der Waals surface area contributed by atoms with Crippen LogP contribution in [0.3, 0.4) is 0 Å². The summed E-state index contributed by atoms with van der Waals surface area (Å²) in [5.74, 6) is 0.690. The Kier molecular flexibility index (Phi) is 10.4. The van der Waals surface area contributed by atoms with E-state index in [4.69, 9.17) is 0 Å². The minimum Gasteiger partial charge on any atom is -0.357 e. The molecule has 1 aromatic heterocycles. The molecule has 0 saturated carbocycles. The quantitative estimate of drug-likeness (QED) is 0.276. The van der Waals surface area contributed by atoms with Gasteiger partial charge in [-0.15, -0.1) is 24.0 Å². The number of halogens is 1. The predicted molar refractivity (Wildman–Crippen MR) is 121 cm³/mol. The Morgan fingerprint density at radius 2 is 1.93 bits per heavy atom. The topological polar surface area (TPSA) is 69.6 Å². The minimum atomic E-state index is -0.133. The van der Waals surface area contributed by atoms with Gasteiger partial charge in [0, 0.05) is 39.1 Å². The van der Waals surface area contributed by atoms with Crippen molar-refractivity contribution in [3.8, 4) is 0 Å². The van der Waals surface area contributed by atoms with Crippen molar-refractivity contribution in [3.05, 3.63) is 65.5 Å². The van der Waals surface area contributed by atoms with Gasteiger partial charge < -0.3 is 15.5 Å². The molecule has 2 aromatic rings. The fraction of sp³-hybridized carbons (Fsp3) is 0.350. The first-order valence-corrected chi connectivity index (χ1v) is 8.83. The maximum atomic E-state index is 12.0. The number of nitrogens with one attached hydrogen (secondary N) is 2. The van der Waals surface area contributed by atoms with Crippen LogP contribution in [0.25, 0.3) is 0 Å². The predicted octanol–water partition coefficient (Wildman–Crippen LogP) is 2.84. The van der Waals surface area contributed by atoms with Gasteiger partial charge in [-0.3, -0.25) is 14.8 Å². The van der Waals surface area contributed by atoms with Gasteiger partial charge in [0.2, 0.25) is 0 Å². The third-order valence-electron chi connectivity index (χ3n) is 3.82. The molecule has 1 heterocycles. The highest BCUT2D eigenvalue weighted by atomic mass is 127. The molecule has 0 atom stereocenters. The van der Waals surface area contributed by atoms with Gasteiger partial charge in [-0.05, 0) is 31.5 Å². The maximum absolute atomic E-state index is 12.0. The molecule has 7 heteroatoms. The van der Waals surface area contributed by atoms with E-state index in [1.807, 2.05) is 14.0 Å². The van der Waals surface area contributed by atoms with Crippen LogP contribution in [0.4, 0.5) is 0 Å². The van der Waals surface area contributed by atoms with Crippen molar-refractivity contribution in [2.24, 2.45) is 4.99 Å². The molecule has 2 N–H and O–H groups in total. The average Bonchev–Trinajstić information content (AvgIpc) is 2.66. The first-order valence-electron chi connectivity index (χ1n) is 8.83. The molecule has 1 amide bonds. The smallest absolute Gasteiger partial charge is 0.252 e. The number of carbonyl (C=O) groups is 1. The number of rotatable bonds is 7. The lowest BCUT2D eigenvalue weighted by Gasteiger charge is -2.22. The summed E-state index contributed by atoms with van der Waals surface area (Å²) < 4.78 is 0. The zero-order valence-corrected chi connectivity index (χ0v) is 18.4. The number of aromatic nitrogens is 1. The number of pyridine rings is 1. The van der Waals surface area contributed by atoms with Crippen molar-refractivity contribution in [1.29, 1.82) is 0 Å². The number of hydrogen-bond donors (Lipinski definition) is 2. The molecule has 0 radical (unpaired) electrons. The van der Waals surface area contributed by atoms with E-state index < -0.39 is 0 Å². The fourth-order valence-corrected chi connectivity index (χ4v) is 2.44. The first-order chi connectivity index (χ1) is 12.6. The van der Waals surface area contributed by atoms with Crippen LogP contribution >= 0.6 is 24.0 Å². The molecule has 0 aliphatic heterocycles. The number of hydrogen-bond acceptors (Lipinski definition) is 3. The molecule has 2 rings (SSSR count). The van der Waals surface area contributed by atoms with Crippen LogP contribution in [-0.2, 0) is 6.54 Å². The van der Waals surface area contributed by atoms with Gasteiger partial charge in [-0.1, -0.05) is 29.8 Å². The summed E-state index contributed by atoms with van der Waals surface area (Å²) in [5.41, 5.74) is 3.04. The van der Waals surface area contributed by atoms with Gasteiger partial charge in [0.05, 0.1) is 12.1 Å². The average molecular weight is 481 g/mol. The van der Waals surface area contributed by atoms with Crippen LogP contribution in [0.15, 0.2) is 53.8 Å². The largest absolute Gasteiger partial charge is 0.357 e. The molecular weight excluding hydrogens is 453 g/mol. The summed E-state index contributed by atoms with van der Waals surface area (Å²) >= 11 is 0. The SMILES string of the molecule is CCNC(=NCCNC(=O)c1cccnc1)N(C)Cc1ccc(C)cc1.I. The van der Waals surface area contributed by atoms with E-state index in [0.717, 1.165) is 19.0 Å². The lowest BCUT2D eigenvalue weighted by Crippen LogP contribution is -2.39. The van der Waals surface area contributed by atoms with Gasteiger partial charge in [-0.25, -0.2) is 0 Å². The molecule has 0 saturated heterocycles. The Balaban J connectivity index is 0.00000364. The van der Waals surface area contributed by atoms with E-state index >= 15 is 0 Å². The number of nitrogens with zero attached hydrogens (tertiary/aromatic N) is 3. The number of carbonyl (C=O) groups excluding carboxylic acids is 1. The monoisotopic (exact) mass is 481 g/mol. The molecule has 0 unspecified atom stereocenters. The number of aliphatic imine (C=N–C) groups is 1. The van der Waals surface area contributed by atoms with E-state index in [0.29, 0.717) is 18.7 Å². The summed E-state index contributed by atoms with van der Waals surface area (Å²) in [6.07, 6.45) is 3.20. The second-order valence-corrected chi connectivity index (χ2v) is 6.07. The van der Waals surface area contributed by atoms with Crippen molar-refractivity contribution in [1.82, 2.24) is 20.5 Å². The number of benzene rings is 1. The van der Waals surface area contributed by atoms with Crippen LogP contribution in [0, 0.1) is 6.92 Å². The number of amides is 1. The van der Waals surface area contributed by atoms with Gasteiger partial charge >= 0.3 is 0 Å². The molecule has 1 aromatic carbocycles. The van der Waals surface area contributed by atoms with Crippen LogP contribution in [0.2, 0.25) is 0 Å². The maximum Gasteiger partial charge on any atom is 0.252 e. The fourth-order valence-electron chi connectivity index (χ4n) is 2.44. The van der Waals surface area contributed by atoms with E-state index in [-0.39, 0.29) is 29.9 Å². The summed E-state index contributed by atoms with van der Waals surface area (Å²) in [7, 11) is 2.01. The van der Waals surface area contributed by atoms with Crippen molar-refractivity contribution in [3.63, 3.8) is 0 Å². The third-order valence-corrected chi connectivity index (χ3v) is 3.82. The Morgan fingerprint density at radius 3 is 2.56 bits per heavy atom. The van der Waals surface area contributed by atoms with E-state index in [2.05, 4.69) is 56.7 Å². The minimum absolute atomic E-state index is 0. The lowest BCUT2D eigenvalue weighted by atomic mass is 10.1. The van der Waals surface area contributed by atoms with Gasteiger partial charge in [0.1, 0.15) is 0 Å².